The third kappa shape index (κ3) is 3.28. The van der Waals surface area contributed by atoms with Crippen LogP contribution in [0.5, 0.6) is 5.75 Å². The summed E-state index contributed by atoms with van der Waals surface area (Å²) in [4.78, 5) is 0. The van der Waals surface area contributed by atoms with E-state index in [2.05, 4.69) is 36.6 Å². The first-order valence-electron chi connectivity index (χ1n) is 7.21. The third-order valence-corrected chi connectivity index (χ3v) is 4.09. The molecule has 1 fully saturated rings. The minimum atomic E-state index is 0.353. The smallest absolute Gasteiger partial charge is 0.124 e. The second-order valence-corrected chi connectivity index (χ2v) is 5.57. The number of aryl methyl sites for hydroxylation is 2. The molecule has 1 saturated heterocycles. The first-order valence-corrected chi connectivity index (χ1v) is 7.21. The number of methoxy groups -OCH3 is 1. The van der Waals surface area contributed by atoms with Gasteiger partial charge in [0.25, 0.3) is 0 Å². The van der Waals surface area contributed by atoms with Crippen LogP contribution < -0.4 is 15.4 Å². The fourth-order valence-electron chi connectivity index (χ4n) is 3.18. The lowest BCUT2D eigenvalue weighted by Gasteiger charge is -2.25. The van der Waals surface area contributed by atoms with Crippen molar-refractivity contribution in [1.82, 2.24) is 10.6 Å². The van der Waals surface area contributed by atoms with Crippen molar-refractivity contribution in [2.24, 2.45) is 0 Å². The summed E-state index contributed by atoms with van der Waals surface area (Å²) >= 11 is 0. The Morgan fingerprint density at radius 1 is 1.42 bits per heavy atom. The molecule has 0 aliphatic carbocycles. The van der Waals surface area contributed by atoms with E-state index in [0.717, 1.165) is 18.7 Å². The van der Waals surface area contributed by atoms with Crippen LogP contribution in [0.4, 0.5) is 0 Å². The Morgan fingerprint density at radius 2 is 2.21 bits per heavy atom. The van der Waals surface area contributed by atoms with E-state index < -0.39 is 0 Å². The zero-order valence-corrected chi connectivity index (χ0v) is 12.5. The predicted molar refractivity (Wildman–Crippen MR) is 79.9 cm³/mol. The summed E-state index contributed by atoms with van der Waals surface area (Å²) in [6, 6.07) is 5.35. The van der Waals surface area contributed by atoms with Gasteiger partial charge in [0, 0.05) is 17.6 Å². The highest BCUT2D eigenvalue weighted by Gasteiger charge is 2.23. The van der Waals surface area contributed by atoms with Gasteiger partial charge in [-0.1, -0.05) is 6.07 Å². The molecule has 0 amide bonds. The summed E-state index contributed by atoms with van der Waals surface area (Å²) in [5.74, 6) is 1.01. The van der Waals surface area contributed by atoms with Crippen LogP contribution in [0.15, 0.2) is 12.1 Å². The zero-order chi connectivity index (χ0) is 13.8. The maximum absolute atomic E-state index is 5.59. The highest BCUT2D eigenvalue weighted by Crippen LogP contribution is 2.33. The van der Waals surface area contributed by atoms with E-state index in [0.29, 0.717) is 12.1 Å². The summed E-state index contributed by atoms with van der Waals surface area (Å²) in [5, 5.41) is 7.04. The molecule has 0 radical (unpaired) electrons. The molecule has 3 heteroatoms. The second-order valence-electron chi connectivity index (χ2n) is 5.57. The Balaban J connectivity index is 2.25. The Hall–Kier alpha value is -1.06. The van der Waals surface area contributed by atoms with Crippen molar-refractivity contribution in [3.63, 3.8) is 0 Å². The molecule has 1 aromatic carbocycles. The molecule has 2 N–H and O–H groups in total. The monoisotopic (exact) mass is 262 g/mol. The van der Waals surface area contributed by atoms with E-state index in [1.54, 1.807) is 7.11 Å². The molecule has 1 aliphatic heterocycles. The minimum absolute atomic E-state index is 0.353. The molecule has 3 nitrogen and oxygen atoms in total. The van der Waals surface area contributed by atoms with Crippen molar-refractivity contribution in [2.45, 2.75) is 45.2 Å². The van der Waals surface area contributed by atoms with Crippen LogP contribution in [-0.4, -0.2) is 26.7 Å². The van der Waals surface area contributed by atoms with Gasteiger partial charge in [0.1, 0.15) is 5.75 Å². The first-order chi connectivity index (χ1) is 9.15. The predicted octanol–water partition coefficient (Wildman–Crippen LogP) is 2.71. The van der Waals surface area contributed by atoms with Crippen molar-refractivity contribution in [1.29, 1.82) is 0 Å². The molecule has 0 aromatic heterocycles. The lowest BCUT2D eigenvalue weighted by Crippen LogP contribution is -2.29. The quantitative estimate of drug-likeness (QED) is 0.856. The molecule has 106 valence electrons. The number of benzene rings is 1. The molecule has 2 atom stereocenters. The van der Waals surface area contributed by atoms with Crippen LogP contribution in [0.3, 0.4) is 0 Å². The van der Waals surface area contributed by atoms with E-state index >= 15 is 0 Å². The zero-order valence-electron chi connectivity index (χ0n) is 12.5. The summed E-state index contributed by atoms with van der Waals surface area (Å²) in [5.41, 5.74) is 3.88. The van der Waals surface area contributed by atoms with E-state index in [4.69, 9.17) is 4.74 Å². The van der Waals surface area contributed by atoms with E-state index in [-0.39, 0.29) is 0 Å². The fourth-order valence-corrected chi connectivity index (χ4v) is 3.18. The van der Waals surface area contributed by atoms with Gasteiger partial charge in [-0.2, -0.15) is 0 Å². The highest BCUT2D eigenvalue weighted by atomic mass is 16.5. The van der Waals surface area contributed by atoms with Gasteiger partial charge in [-0.3, -0.25) is 0 Å². The van der Waals surface area contributed by atoms with Crippen molar-refractivity contribution in [3.8, 4) is 5.75 Å². The Kier molecular flexibility index (Phi) is 4.83. The van der Waals surface area contributed by atoms with Crippen molar-refractivity contribution < 1.29 is 4.74 Å². The van der Waals surface area contributed by atoms with Crippen molar-refractivity contribution in [2.75, 3.05) is 20.7 Å². The largest absolute Gasteiger partial charge is 0.496 e. The average Bonchev–Trinajstić information content (AvgIpc) is 2.88. The number of rotatable bonds is 5. The van der Waals surface area contributed by atoms with Gasteiger partial charge in [0.15, 0.2) is 0 Å². The standard InChI is InChI=1S/C16H26N2O/c1-11-8-12(2)16(15(9-11)19-4)14(17-3)10-13-6-5-7-18-13/h8-9,13-14,17-18H,5-7,10H2,1-4H3. The number of hydrogen-bond donors (Lipinski definition) is 2. The van der Waals surface area contributed by atoms with E-state index in [1.807, 2.05) is 7.05 Å². The molecule has 2 rings (SSSR count). The molecule has 19 heavy (non-hydrogen) atoms. The molecule has 1 aliphatic rings. The maximum Gasteiger partial charge on any atom is 0.124 e. The van der Waals surface area contributed by atoms with E-state index in [9.17, 15) is 0 Å². The summed E-state index contributed by atoms with van der Waals surface area (Å²) < 4.78 is 5.59. The Morgan fingerprint density at radius 3 is 2.79 bits per heavy atom. The Bertz CT molecular complexity index is 425. The van der Waals surface area contributed by atoms with Gasteiger partial charge >= 0.3 is 0 Å². The van der Waals surface area contributed by atoms with Gasteiger partial charge in [-0.05, 0) is 63.9 Å². The van der Waals surface area contributed by atoms with Crippen LogP contribution >= 0.6 is 0 Å². The molecule has 1 heterocycles. The molecule has 2 unspecified atom stereocenters. The summed E-state index contributed by atoms with van der Waals surface area (Å²) in [6.07, 6.45) is 3.70. The van der Waals surface area contributed by atoms with Crippen LogP contribution in [-0.2, 0) is 0 Å². The normalized spacial score (nSPS) is 20.5. The van der Waals surface area contributed by atoms with Crippen molar-refractivity contribution in [3.05, 3.63) is 28.8 Å². The lowest BCUT2D eigenvalue weighted by atomic mass is 9.93. The molecular formula is C16H26N2O. The van der Waals surface area contributed by atoms with Gasteiger partial charge < -0.3 is 15.4 Å². The molecular weight excluding hydrogens is 236 g/mol. The number of nitrogens with one attached hydrogen (secondary N) is 2. The van der Waals surface area contributed by atoms with Crippen LogP contribution in [0.2, 0.25) is 0 Å². The van der Waals surface area contributed by atoms with Gasteiger partial charge in [-0.25, -0.2) is 0 Å². The van der Waals surface area contributed by atoms with Crippen LogP contribution in [0, 0.1) is 13.8 Å². The second kappa shape index (κ2) is 6.40. The molecule has 0 spiro atoms. The molecule has 0 saturated carbocycles. The summed E-state index contributed by atoms with van der Waals surface area (Å²) in [7, 11) is 3.80. The SMILES string of the molecule is CNC(CC1CCCN1)c1c(C)cc(C)cc1OC. The van der Waals surface area contributed by atoms with Crippen LogP contribution in [0.25, 0.3) is 0 Å². The molecule has 0 bridgehead atoms. The highest BCUT2D eigenvalue weighted by molar-refractivity contribution is 5.45. The summed E-state index contributed by atoms with van der Waals surface area (Å²) in [6.45, 7) is 5.45. The third-order valence-electron chi connectivity index (χ3n) is 4.09. The fraction of sp³-hybridized carbons (Fsp3) is 0.625. The lowest BCUT2D eigenvalue weighted by molar-refractivity contribution is 0.388. The number of hydrogen-bond acceptors (Lipinski definition) is 3. The van der Waals surface area contributed by atoms with Crippen molar-refractivity contribution >= 4 is 0 Å². The first kappa shape index (κ1) is 14.4. The Labute approximate surface area is 116 Å². The van der Waals surface area contributed by atoms with Gasteiger partial charge in [-0.15, -0.1) is 0 Å². The number of ether oxygens (including phenoxy) is 1. The minimum Gasteiger partial charge on any atom is -0.496 e. The van der Waals surface area contributed by atoms with Gasteiger partial charge in [0.05, 0.1) is 7.11 Å². The van der Waals surface area contributed by atoms with Gasteiger partial charge in [0.2, 0.25) is 0 Å². The van der Waals surface area contributed by atoms with Crippen LogP contribution in [0.1, 0.15) is 42.0 Å². The topological polar surface area (TPSA) is 33.3 Å². The van der Waals surface area contributed by atoms with E-state index in [1.165, 1.54) is 29.5 Å². The molecule has 1 aromatic rings. The average molecular weight is 262 g/mol. The maximum atomic E-state index is 5.59.